The minimum absolute atomic E-state index is 0.258. The molecular formula is C23H24N4O2. The normalized spacial score (nSPS) is 12.9. The van der Waals surface area contributed by atoms with Gasteiger partial charge in [0.15, 0.2) is 11.5 Å². The lowest BCUT2D eigenvalue weighted by Gasteiger charge is -2.17. The molecule has 1 aliphatic heterocycles. The highest BCUT2D eigenvalue weighted by molar-refractivity contribution is 6.05. The zero-order valence-corrected chi connectivity index (χ0v) is 16.4. The van der Waals surface area contributed by atoms with Crippen molar-refractivity contribution in [2.45, 2.75) is 39.3 Å². The lowest BCUT2D eigenvalue weighted by molar-refractivity contribution is 0.0935. The number of aryl methyl sites for hydroxylation is 1. The number of nitrogens with zero attached hydrogens (tertiary/aromatic N) is 2. The summed E-state index contributed by atoms with van der Waals surface area (Å²) in [5, 5.41) is 5.83. The largest absolute Gasteiger partial charge is 0.345 e. The third kappa shape index (κ3) is 4.21. The summed E-state index contributed by atoms with van der Waals surface area (Å²) in [4.78, 5) is 30.2. The van der Waals surface area contributed by atoms with Crippen LogP contribution >= 0.6 is 0 Å². The molecule has 0 aliphatic carbocycles. The van der Waals surface area contributed by atoms with E-state index in [1.54, 1.807) is 0 Å². The maximum absolute atomic E-state index is 12.9. The van der Waals surface area contributed by atoms with E-state index < -0.39 is 0 Å². The van der Waals surface area contributed by atoms with Crippen molar-refractivity contribution in [1.82, 2.24) is 14.9 Å². The molecule has 0 unspecified atom stereocenters. The number of nitrogens with one attached hydrogen (secondary N) is 2. The summed E-state index contributed by atoms with van der Waals surface area (Å²) in [5.41, 5.74) is 3.99. The Labute approximate surface area is 170 Å². The quantitative estimate of drug-likeness (QED) is 0.700. The van der Waals surface area contributed by atoms with Crippen LogP contribution in [0, 0.1) is 6.92 Å². The first-order chi connectivity index (χ1) is 14.1. The van der Waals surface area contributed by atoms with Crippen LogP contribution in [0.25, 0.3) is 0 Å². The van der Waals surface area contributed by atoms with E-state index in [-0.39, 0.29) is 11.8 Å². The first kappa shape index (κ1) is 18.9. The number of carbonyl (C=O) groups excluding carboxylic acids is 2. The number of aromatic nitrogens is 2. The molecule has 148 valence electrons. The number of rotatable bonds is 5. The summed E-state index contributed by atoms with van der Waals surface area (Å²) in [7, 11) is 0. The Balaban J connectivity index is 1.56. The molecule has 4 rings (SSSR count). The summed E-state index contributed by atoms with van der Waals surface area (Å²) in [6, 6.07) is 17.4. The Bertz CT molecular complexity index is 1040. The molecule has 0 saturated heterocycles. The first-order valence-electron chi connectivity index (χ1n) is 9.91. The molecule has 0 bridgehead atoms. The summed E-state index contributed by atoms with van der Waals surface area (Å²) >= 11 is 0. The Hall–Kier alpha value is -3.41. The molecule has 0 fully saturated rings. The topological polar surface area (TPSA) is 76.0 Å². The number of carbonyl (C=O) groups is 2. The second-order valence-electron chi connectivity index (χ2n) is 7.33. The minimum Gasteiger partial charge on any atom is -0.345 e. The van der Waals surface area contributed by atoms with Gasteiger partial charge in [0.05, 0.1) is 5.69 Å². The third-order valence-corrected chi connectivity index (χ3v) is 5.11. The molecule has 0 atom stereocenters. The van der Waals surface area contributed by atoms with Gasteiger partial charge in [-0.05, 0) is 49.4 Å². The van der Waals surface area contributed by atoms with E-state index in [1.165, 1.54) is 0 Å². The zero-order chi connectivity index (χ0) is 20.2. The highest BCUT2D eigenvalue weighted by Crippen LogP contribution is 2.22. The standard InChI is InChI=1S/C23H24N4O2/c1-16-8-7-11-18(14-16)25-22(28)20-19-12-5-6-13-27(19)21(26-20)23(29)24-15-17-9-3-2-4-10-17/h2-4,7-11,14H,5-6,12-13,15H2,1H3,(H,24,29)(H,25,28). The number of hydrogen-bond acceptors (Lipinski definition) is 3. The molecule has 6 nitrogen and oxygen atoms in total. The highest BCUT2D eigenvalue weighted by atomic mass is 16.2. The molecule has 0 radical (unpaired) electrons. The van der Waals surface area contributed by atoms with E-state index in [9.17, 15) is 9.59 Å². The van der Waals surface area contributed by atoms with Gasteiger partial charge in [-0.3, -0.25) is 9.59 Å². The van der Waals surface area contributed by atoms with Gasteiger partial charge in [-0.1, -0.05) is 42.5 Å². The van der Waals surface area contributed by atoms with Gasteiger partial charge in [0, 0.05) is 18.8 Å². The molecule has 29 heavy (non-hydrogen) atoms. The maximum atomic E-state index is 12.9. The average Bonchev–Trinajstić information content (AvgIpc) is 3.13. The van der Waals surface area contributed by atoms with Crippen molar-refractivity contribution in [3.63, 3.8) is 0 Å². The number of fused-ring (bicyclic) bond motifs is 1. The van der Waals surface area contributed by atoms with Crippen LogP contribution < -0.4 is 10.6 Å². The number of amides is 2. The lowest BCUT2D eigenvalue weighted by atomic mass is 10.1. The number of imidazole rings is 1. The van der Waals surface area contributed by atoms with Gasteiger partial charge in [0.25, 0.3) is 11.8 Å². The fraction of sp³-hybridized carbons (Fsp3) is 0.261. The van der Waals surface area contributed by atoms with Crippen molar-refractivity contribution in [2.75, 3.05) is 5.32 Å². The maximum Gasteiger partial charge on any atom is 0.287 e. The van der Waals surface area contributed by atoms with Crippen LogP contribution in [0.4, 0.5) is 5.69 Å². The van der Waals surface area contributed by atoms with Crippen LogP contribution in [0.2, 0.25) is 0 Å². The monoisotopic (exact) mass is 388 g/mol. The van der Waals surface area contributed by atoms with E-state index in [4.69, 9.17) is 0 Å². The summed E-state index contributed by atoms with van der Waals surface area (Å²) in [6.45, 7) is 3.10. The van der Waals surface area contributed by atoms with Crippen LogP contribution in [-0.4, -0.2) is 21.4 Å². The molecule has 0 saturated carbocycles. The van der Waals surface area contributed by atoms with E-state index in [0.717, 1.165) is 41.8 Å². The number of anilines is 1. The predicted octanol–water partition coefficient (Wildman–Crippen LogP) is 3.71. The molecule has 3 aromatic rings. The van der Waals surface area contributed by atoms with Gasteiger partial charge in [0.1, 0.15) is 0 Å². The molecule has 0 spiro atoms. The molecule has 2 amide bonds. The van der Waals surface area contributed by atoms with E-state index in [0.29, 0.717) is 24.6 Å². The van der Waals surface area contributed by atoms with Gasteiger partial charge in [-0.25, -0.2) is 4.98 Å². The Morgan fingerprint density at radius 1 is 1.03 bits per heavy atom. The minimum atomic E-state index is -0.275. The van der Waals surface area contributed by atoms with Crippen LogP contribution in [-0.2, 0) is 19.5 Å². The Kier molecular flexibility index (Phi) is 5.42. The van der Waals surface area contributed by atoms with Gasteiger partial charge in [-0.15, -0.1) is 0 Å². The highest BCUT2D eigenvalue weighted by Gasteiger charge is 2.27. The van der Waals surface area contributed by atoms with Crippen molar-refractivity contribution in [1.29, 1.82) is 0 Å². The Morgan fingerprint density at radius 3 is 2.66 bits per heavy atom. The summed E-state index contributed by atoms with van der Waals surface area (Å²) in [6.07, 6.45) is 2.71. The first-order valence-corrected chi connectivity index (χ1v) is 9.91. The van der Waals surface area contributed by atoms with Gasteiger partial charge in [0.2, 0.25) is 0 Å². The smallest absolute Gasteiger partial charge is 0.287 e. The molecule has 6 heteroatoms. The fourth-order valence-electron chi connectivity index (χ4n) is 3.67. The van der Waals surface area contributed by atoms with Crippen LogP contribution in [0.1, 0.15) is 50.8 Å². The zero-order valence-electron chi connectivity index (χ0n) is 16.4. The predicted molar refractivity (Wildman–Crippen MR) is 112 cm³/mol. The molecular weight excluding hydrogens is 364 g/mol. The molecule has 1 aliphatic rings. The second-order valence-corrected chi connectivity index (χ2v) is 7.33. The van der Waals surface area contributed by atoms with Crippen molar-refractivity contribution < 1.29 is 9.59 Å². The molecule has 2 N–H and O–H groups in total. The lowest BCUT2D eigenvalue weighted by Crippen LogP contribution is -2.27. The average molecular weight is 388 g/mol. The van der Waals surface area contributed by atoms with Gasteiger partial charge in [-0.2, -0.15) is 0 Å². The SMILES string of the molecule is Cc1cccc(NC(=O)c2nc(C(=O)NCc3ccccc3)n3c2CCCC3)c1. The van der Waals surface area contributed by atoms with Crippen molar-refractivity contribution in [3.05, 3.63) is 82.9 Å². The van der Waals surface area contributed by atoms with Gasteiger partial charge < -0.3 is 15.2 Å². The fourth-order valence-corrected chi connectivity index (χ4v) is 3.67. The van der Waals surface area contributed by atoms with Crippen LogP contribution in [0.15, 0.2) is 54.6 Å². The number of hydrogen-bond donors (Lipinski definition) is 2. The summed E-state index contributed by atoms with van der Waals surface area (Å²) in [5.74, 6) is -0.222. The van der Waals surface area contributed by atoms with E-state index in [2.05, 4.69) is 15.6 Å². The molecule has 2 heterocycles. The third-order valence-electron chi connectivity index (χ3n) is 5.11. The second kappa shape index (κ2) is 8.31. The molecule has 1 aromatic heterocycles. The Morgan fingerprint density at radius 2 is 1.86 bits per heavy atom. The van der Waals surface area contributed by atoms with E-state index in [1.807, 2.05) is 66.1 Å². The van der Waals surface area contributed by atoms with Crippen molar-refractivity contribution >= 4 is 17.5 Å². The van der Waals surface area contributed by atoms with Crippen LogP contribution in [0.5, 0.6) is 0 Å². The number of benzene rings is 2. The van der Waals surface area contributed by atoms with Crippen LogP contribution in [0.3, 0.4) is 0 Å². The molecule has 2 aromatic carbocycles. The van der Waals surface area contributed by atoms with Crippen molar-refractivity contribution in [3.8, 4) is 0 Å². The van der Waals surface area contributed by atoms with Gasteiger partial charge >= 0.3 is 0 Å². The summed E-state index contributed by atoms with van der Waals surface area (Å²) < 4.78 is 1.90. The van der Waals surface area contributed by atoms with Crippen molar-refractivity contribution in [2.24, 2.45) is 0 Å². The van der Waals surface area contributed by atoms with E-state index >= 15 is 0 Å².